The Hall–Kier alpha value is -0.820. The zero-order valence-corrected chi connectivity index (χ0v) is 8.92. The van der Waals surface area contributed by atoms with E-state index in [-0.39, 0.29) is 0 Å². The van der Waals surface area contributed by atoms with Gasteiger partial charge in [-0.1, -0.05) is 31.2 Å². The third-order valence-corrected chi connectivity index (χ3v) is 3.45. The summed E-state index contributed by atoms with van der Waals surface area (Å²) in [4.78, 5) is 0. The maximum absolute atomic E-state index is 5.65. The van der Waals surface area contributed by atoms with Gasteiger partial charge in [-0.2, -0.15) is 0 Å². The van der Waals surface area contributed by atoms with Gasteiger partial charge in [-0.25, -0.2) is 0 Å². The molecule has 1 aliphatic carbocycles. The van der Waals surface area contributed by atoms with E-state index in [1.807, 2.05) is 0 Å². The summed E-state index contributed by atoms with van der Waals surface area (Å²) in [5, 5.41) is 0. The molecule has 0 amide bonds. The molecule has 1 saturated carbocycles. The minimum absolute atomic E-state index is 0.459. The second-order valence-electron chi connectivity index (χ2n) is 4.37. The van der Waals surface area contributed by atoms with E-state index >= 15 is 0 Å². The monoisotopic (exact) mass is 189 g/mol. The highest BCUT2D eigenvalue weighted by molar-refractivity contribution is 5.33. The smallest absolute Gasteiger partial charge is 0.00344 e. The molecule has 0 heterocycles. The summed E-state index contributed by atoms with van der Waals surface area (Å²) in [6.07, 6.45) is 4.94. The average Bonchev–Trinajstić information content (AvgIpc) is 3.00. The SMILES string of the molecule is CCc1ccc(C2(CCN)CC2)cc1. The number of hydrogen-bond acceptors (Lipinski definition) is 1. The summed E-state index contributed by atoms with van der Waals surface area (Å²) in [5.41, 5.74) is 9.04. The highest BCUT2D eigenvalue weighted by atomic mass is 14.6. The first-order chi connectivity index (χ1) is 6.80. The Bertz CT molecular complexity index is 296. The van der Waals surface area contributed by atoms with Crippen LogP contribution in [0.1, 0.15) is 37.3 Å². The highest BCUT2D eigenvalue weighted by Gasteiger charge is 2.42. The van der Waals surface area contributed by atoms with Crippen LogP contribution in [-0.2, 0) is 11.8 Å². The molecule has 0 spiro atoms. The second kappa shape index (κ2) is 3.74. The van der Waals surface area contributed by atoms with Crippen molar-refractivity contribution in [1.82, 2.24) is 0 Å². The third-order valence-electron chi connectivity index (χ3n) is 3.45. The van der Waals surface area contributed by atoms with Gasteiger partial charge in [0.05, 0.1) is 0 Å². The van der Waals surface area contributed by atoms with Gasteiger partial charge in [0.25, 0.3) is 0 Å². The van der Waals surface area contributed by atoms with Crippen molar-refractivity contribution in [3.8, 4) is 0 Å². The molecule has 2 N–H and O–H groups in total. The van der Waals surface area contributed by atoms with Crippen LogP contribution in [0.2, 0.25) is 0 Å². The molecule has 0 atom stereocenters. The molecule has 0 saturated heterocycles. The predicted octanol–water partition coefficient (Wildman–Crippen LogP) is 2.63. The first-order valence-electron chi connectivity index (χ1n) is 5.60. The number of benzene rings is 1. The average molecular weight is 189 g/mol. The second-order valence-corrected chi connectivity index (χ2v) is 4.37. The van der Waals surface area contributed by atoms with E-state index in [2.05, 4.69) is 31.2 Å². The summed E-state index contributed by atoms with van der Waals surface area (Å²) < 4.78 is 0. The van der Waals surface area contributed by atoms with E-state index in [1.165, 1.54) is 24.0 Å². The van der Waals surface area contributed by atoms with Gasteiger partial charge in [-0.15, -0.1) is 0 Å². The summed E-state index contributed by atoms with van der Waals surface area (Å²) in [6.45, 7) is 3.01. The van der Waals surface area contributed by atoms with E-state index < -0.39 is 0 Å². The van der Waals surface area contributed by atoms with Crippen molar-refractivity contribution in [2.45, 2.75) is 38.0 Å². The van der Waals surface area contributed by atoms with Crippen LogP contribution in [-0.4, -0.2) is 6.54 Å². The zero-order valence-electron chi connectivity index (χ0n) is 8.92. The zero-order chi connectivity index (χ0) is 10.0. The number of aryl methyl sites for hydroxylation is 1. The molecule has 1 aromatic carbocycles. The minimum Gasteiger partial charge on any atom is -0.330 e. The molecule has 1 aliphatic rings. The van der Waals surface area contributed by atoms with Crippen molar-refractivity contribution >= 4 is 0 Å². The Labute approximate surface area is 86.3 Å². The quantitative estimate of drug-likeness (QED) is 0.774. The summed E-state index contributed by atoms with van der Waals surface area (Å²) in [6, 6.07) is 9.10. The van der Waals surface area contributed by atoms with Gasteiger partial charge < -0.3 is 5.73 Å². The van der Waals surface area contributed by atoms with Gasteiger partial charge in [0.2, 0.25) is 0 Å². The van der Waals surface area contributed by atoms with Crippen LogP contribution in [0, 0.1) is 0 Å². The Morgan fingerprint density at radius 2 is 1.86 bits per heavy atom. The van der Waals surface area contributed by atoms with E-state index in [0.29, 0.717) is 5.41 Å². The third kappa shape index (κ3) is 1.69. The molecule has 0 radical (unpaired) electrons. The van der Waals surface area contributed by atoms with Crippen LogP contribution in [0.4, 0.5) is 0 Å². The standard InChI is InChI=1S/C13H19N/c1-2-11-3-5-12(6-4-11)13(7-8-13)9-10-14/h3-6H,2,7-10,14H2,1H3. The fourth-order valence-corrected chi connectivity index (χ4v) is 2.20. The van der Waals surface area contributed by atoms with Crippen LogP contribution in [0.25, 0.3) is 0 Å². The van der Waals surface area contributed by atoms with E-state index in [1.54, 1.807) is 0 Å². The molecule has 0 unspecified atom stereocenters. The maximum Gasteiger partial charge on any atom is -0.00344 e. The molecule has 0 bridgehead atoms. The minimum atomic E-state index is 0.459. The van der Waals surface area contributed by atoms with Crippen molar-refractivity contribution in [1.29, 1.82) is 0 Å². The molecular weight excluding hydrogens is 170 g/mol. The predicted molar refractivity (Wildman–Crippen MR) is 60.4 cm³/mol. The first kappa shape index (κ1) is 9.72. The summed E-state index contributed by atoms with van der Waals surface area (Å²) in [5.74, 6) is 0. The largest absolute Gasteiger partial charge is 0.330 e. The lowest BCUT2D eigenvalue weighted by molar-refractivity contribution is 0.629. The van der Waals surface area contributed by atoms with Crippen molar-refractivity contribution < 1.29 is 0 Å². The molecule has 1 aromatic rings. The molecule has 0 aliphatic heterocycles. The van der Waals surface area contributed by atoms with E-state index in [9.17, 15) is 0 Å². The summed E-state index contributed by atoms with van der Waals surface area (Å²) in [7, 11) is 0. The van der Waals surface area contributed by atoms with E-state index in [4.69, 9.17) is 5.73 Å². The van der Waals surface area contributed by atoms with Gasteiger partial charge in [-0.05, 0) is 48.8 Å². The fourth-order valence-electron chi connectivity index (χ4n) is 2.20. The Balaban J connectivity index is 2.16. The highest BCUT2D eigenvalue weighted by Crippen LogP contribution is 2.50. The lowest BCUT2D eigenvalue weighted by Crippen LogP contribution is -2.13. The van der Waals surface area contributed by atoms with Crippen LogP contribution < -0.4 is 5.73 Å². The Morgan fingerprint density at radius 3 is 2.29 bits per heavy atom. The molecule has 2 rings (SSSR count). The number of nitrogens with two attached hydrogens (primary N) is 1. The lowest BCUT2D eigenvalue weighted by Gasteiger charge is -2.14. The van der Waals surface area contributed by atoms with Crippen LogP contribution in [0.15, 0.2) is 24.3 Å². The van der Waals surface area contributed by atoms with Gasteiger partial charge in [0.15, 0.2) is 0 Å². The molecule has 14 heavy (non-hydrogen) atoms. The van der Waals surface area contributed by atoms with Crippen molar-refractivity contribution in [3.05, 3.63) is 35.4 Å². The van der Waals surface area contributed by atoms with E-state index in [0.717, 1.165) is 19.4 Å². The molecular formula is C13H19N. The summed E-state index contributed by atoms with van der Waals surface area (Å²) >= 11 is 0. The van der Waals surface area contributed by atoms with Gasteiger partial charge in [0, 0.05) is 0 Å². The maximum atomic E-state index is 5.65. The Morgan fingerprint density at radius 1 is 1.21 bits per heavy atom. The number of rotatable bonds is 4. The number of hydrogen-bond donors (Lipinski definition) is 1. The van der Waals surface area contributed by atoms with Crippen LogP contribution >= 0.6 is 0 Å². The van der Waals surface area contributed by atoms with Gasteiger partial charge >= 0.3 is 0 Å². The van der Waals surface area contributed by atoms with Crippen molar-refractivity contribution in [2.24, 2.45) is 5.73 Å². The fraction of sp³-hybridized carbons (Fsp3) is 0.538. The lowest BCUT2D eigenvalue weighted by atomic mass is 9.91. The van der Waals surface area contributed by atoms with Crippen molar-refractivity contribution in [2.75, 3.05) is 6.54 Å². The van der Waals surface area contributed by atoms with Gasteiger partial charge in [-0.3, -0.25) is 0 Å². The first-order valence-corrected chi connectivity index (χ1v) is 5.60. The topological polar surface area (TPSA) is 26.0 Å². The normalized spacial score (nSPS) is 18.1. The Kier molecular flexibility index (Phi) is 2.60. The molecule has 0 aromatic heterocycles. The van der Waals surface area contributed by atoms with Crippen LogP contribution in [0.3, 0.4) is 0 Å². The van der Waals surface area contributed by atoms with Gasteiger partial charge in [0.1, 0.15) is 0 Å². The molecule has 76 valence electrons. The molecule has 1 nitrogen and oxygen atoms in total. The molecule has 1 fully saturated rings. The molecule has 1 heteroatoms. The van der Waals surface area contributed by atoms with Crippen molar-refractivity contribution in [3.63, 3.8) is 0 Å². The van der Waals surface area contributed by atoms with Crippen LogP contribution in [0.5, 0.6) is 0 Å².